The number of hydrogen-bond acceptors (Lipinski definition) is 2. The van der Waals surface area contributed by atoms with E-state index in [4.69, 9.17) is 0 Å². The lowest BCUT2D eigenvalue weighted by molar-refractivity contribution is 0.103. The molecule has 1 aliphatic rings. The molecule has 0 saturated carbocycles. The molecule has 0 unspecified atom stereocenters. The average Bonchev–Trinajstić information content (AvgIpc) is 3.06. The monoisotopic (exact) mass is 333 g/mol. The highest BCUT2D eigenvalue weighted by molar-refractivity contribution is 6.09. The van der Waals surface area contributed by atoms with Crippen LogP contribution in [0.3, 0.4) is 0 Å². The molecule has 130 valence electrons. The second kappa shape index (κ2) is 7.69. The van der Waals surface area contributed by atoms with Crippen LogP contribution in [0.15, 0.2) is 71.9 Å². The number of allylic oxidation sites excluding steroid dienone is 2. The van der Waals surface area contributed by atoms with Gasteiger partial charge in [-0.15, -0.1) is 0 Å². The van der Waals surface area contributed by atoms with E-state index in [0.29, 0.717) is 11.8 Å². The van der Waals surface area contributed by atoms with Gasteiger partial charge in [-0.3, -0.25) is 4.79 Å². The summed E-state index contributed by atoms with van der Waals surface area (Å²) in [7, 11) is 0. The van der Waals surface area contributed by atoms with Gasteiger partial charge < -0.3 is 5.32 Å². The maximum Gasteiger partial charge on any atom is 0.190 e. The van der Waals surface area contributed by atoms with Crippen molar-refractivity contribution in [2.24, 2.45) is 11.8 Å². The highest BCUT2D eigenvalue weighted by Crippen LogP contribution is 2.38. The first-order chi connectivity index (χ1) is 12.1. The summed E-state index contributed by atoms with van der Waals surface area (Å²) in [5.41, 5.74) is 4.15. The summed E-state index contributed by atoms with van der Waals surface area (Å²) >= 11 is 0. The first-order valence-corrected chi connectivity index (χ1v) is 9.22. The molecule has 25 heavy (non-hydrogen) atoms. The minimum atomic E-state index is 0.173. The zero-order valence-corrected chi connectivity index (χ0v) is 15.3. The molecule has 0 aromatic heterocycles. The maximum atomic E-state index is 13.0. The van der Waals surface area contributed by atoms with Gasteiger partial charge in [0.15, 0.2) is 5.78 Å². The highest BCUT2D eigenvalue weighted by atomic mass is 16.1. The molecule has 2 atom stereocenters. The SMILES string of the molecule is CC(C)[C@H]1CCC(C(=O)c2ccccc2)=C1N[C@H](C)c1ccccc1. The molecule has 0 heterocycles. The molecule has 1 aliphatic carbocycles. The van der Waals surface area contributed by atoms with Gasteiger partial charge in [0.05, 0.1) is 0 Å². The Morgan fingerprint density at radius 3 is 2.16 bits per heavy atom. The molecular formula is C23H27NO. The van der Waals surface area contributed by atoms with Crippen LogP contribution in [-0.2, 0) is 0 Å². The molecule has 0 spiro atoms. The fourth-order valence-electron chi connectivity index (χ4n) is 3.72. The molecule has 2 heteroatoms. The van der Waals surface area contributed by atoms with Crippen LogP contribution in [0.1, 0.15) is 55.6 Å². The smallest absolute Gasteiger partial charge is 0.190 e. The second-order valence-corrected chi connectivity index (χ2v) is 7.25. The topological polar surface area (TPSA) is 29.1 Å². The summed E-state index contributed by atoms with van der Waals surface area (Å²) in [6.45, 7) is 6.66. The van der Waals surface area contributed by atoms with Crippen molar-refractivity contribution in [2.75, 3.05) is 0 Å². The summed E-state index contributed by atoms with van der Waals surface area (Å²) < 4.78 is 0. The van der Waals surface area contributed by atoms with Gasteiger partial charge >= 0.3 is 0 Å². The Morgan fingerprint density at radius 1 is 0.960 bits per heavy atom. The minimum absolute atomic E-state index is 0.173. The lowest BCUT2D eigenvalue weighted by atomic mass is 9.92. The summed E-state index contributed by atoms with van der Waals surface area (Å²) in [5, 5.41) is 3.69. The largest absolute Gasteiger partial charge is 0.381 e. The van der Waals surface area contributed by atoms with Crippen LogP contribution in [0.2, 0.25) is 0 Å². The molecule has 2 aromatic rings. The van der Waals surface area contributed by atoms with Crippen molar-refractivity contribution in [3.63, 3.8) is 0 Å². The molecule has 0 saturated heterocycles. The number of benzene rings is 2. The van der Waals surface area contributed by atoms with E-state index in [9.17, 15) is 4.79 Å². The standard InChI is InChI=1S/C23H27NO/c1-16(2)20-14-15-21(23(25)19-12-8-5-9-13-19)22(20)24-17(3)18-10-6-4-7-11-18/h4-13,16-17,20,24H,14-15H2,1-3H3/t17-,20-/m1/s1. The molecule has 1 N–H and O–H groups in total. The summed E-state index contributed by atoms with van der Waals surface area (Å²) in [5.74, 6) is 1.12. The number of rotatable bonds is 6. The number of Topliss-reactive ketones (excluding diaryl/α,β-unsaturated/α-hetero) is 1. The maximum absolute atomic E-state index is 13.0. The number of carbonyl (C=O) groups excluding carboxylic acids is 1. The predicted octanol–water partition coefficient (Wildman–Crippen LogP) is 5.54. The molecule has 3 rings (SSSR count). The zero-order valence-electron chi connectivity index (χ0n) is 15.3. The van der Waals surface area contributed by atoms with Gasteiger partial charge in [-0.25, -0.2) is 0 Å². The van der Waals surface area contributed by atoms with Crippen molar-refractivity contribution in [1.29, 1.82) is 0 Å². The third-order valence-electron chi connectivity index (χ3n) is 5.19. The average molecular weight is 333 g/mol. The quantitative estimate of drug-likeness (QED) is 0.703. The summed E-state index contributed by atoms with van der Waals surface area (Å²) in [6.07, 6.45) is 1.91. The third kappa shape index (κ3) is 3.84. The number of hydrogen-bond donors (Lipinski definition) is 1. The number of ketones is 1. The van der Waals surface area contributed by atoms with Crippen LogP contribution in [0.5, 0.6) is 0 Å². The Labute approximate surface area is 151 Å². The Kier molecular flexibility index (Phi) is 5.37. The van der Waals surface area contributed by atoms with Gasteiger partial charge in [-0.05, 0) is 31.2 Å². The number of nitrogens with one attached hydrogen (secondary N) is 1. The van der Waals surface area contributed by atoms with E-state index in [1.807, 2.05) is 36.4 Å². The lowest BCUT2D eigenvalue weighted by Crippen LogP contribution is -2.26. The summed E-state index contributed by atoms with van der Waals surface area (Å²) in [4.78, 5) is 13.0. The van der Waals surface area contributed by atoms with E-state index in [1.165, 1.54) is 5.56 Å². The minimum Gasteiger partial charge on any atom is -0.381 e. The van der Waals surface area contributed by atoms with E-state index in [2.05, 4.69) is 50.4 Å². The van der Waals surface area contributed by atoms with E-state index in [-0.39, 0.29) is 11.8 Å². The fourth-order valence-corrected chi connectivity index (χ4v) is 3.72. The Balaban J connectivity index is 1.92. The summed E-state index contributed by atoms with van der Waals surface area (Å²) in [6, 6.07) is 20.3. The van der Waals surface area contributed by atoms with Crippen LogP contribution >= 0.6 is 0 Å². The van der Waals surface area contributed by atoms with Gasteiger partial charge in [0, 0.05) is 28.8 Å². The molecule has 2 nitrogen and oxygen atoms in total. The molecule has 0 aliphatic heterocycles. The molecule has 0 amide bonds. The highest BCUT2D eigenvalue weighted by Gasteiger charge is 2.32. The van der Waals surface area contributed by atoms with Crippen molar-refractivity contribution in [2.45, 2.75) is 39.7 Å². The Morgan fingerprint density at radius 2 is 1.56 bits per heavy atom. The van der Waals surface area contributed by atoms with Gasteiger partial charge in [-0.1, -0.05) is 74.5 Å². The first kappa shape index (κ1) is 17.5. The van der Waals surface area contributed by atoms with Crippen molar-refractivity contribution >= 4 is 5.78 Å². The molecule has 0 radical (unpaired) electrons. The molecule has 0 bridgehead atoms. The molecule has 2 aromatic carbocycles. The van der Waals surface area contributed by atoms with Crippen LogP contribution in [0.4, 0.5) is 0 Å². The first-order valence-electron chi connectivity index (χ1n) is 9.22. The van der Waals surface area contributed by atoms with Crippen molar-refractivity contribution in [3.05, 3.63) is 83.1 Å². The van der Waals surface area contributed by atoms with Gasteiger partial charge in [0.2, 0.25) is 0 Å². The number of carbonyl (C=O) groups is 1. The zero-order chi connectivity index (χ0) is 17.8. The van der Waals surface area contributed by atoms with Gasteiger partial charge in [0.25, 0.3) is 0 Å². The van der Waals surface area contributed by atoms with Crippen LogP contribution in [-0.4, -0.2) is 5.78 Å². The predicted molar refractivity (Wildman–Crippen MR) is 103 cm³/mol. The second-order valence-electron chi connectivity index (χ2n) is 7.25. The van der Waals surface area contributed by atoms with E-state index in [0.717, 1.165) is 29.7 Å². The Bertz CT molecular complexity index is 746. The lowest BCUT2D eigenvalue weighted by Gasteiger charge is -2.25. The van der Waals surface area contributed by atoms with Crippen LogP contribution in [0.25, 0.3) is 0 Å². The molecular weight excluding hydrogens is 306 g/mol. The van der Waals surface area contributed by atoms with Crippen molar-refractivity contribution in [1.82, 2.24) is 5.32 Å². The van der Waals surface area contributed by atoms with Crippen molar-refractivity contribution in [3.8, 4) is 0 Å². The van der Waals surface area contributed by atoms with E-state index < -0.39 is 0 Å². The fraction of sp³-hybridized carbons (Fsp3) is 0.348. The molecule has 0 fully saturated rings. The van der Waals surface area contributed by atoms with Crippen LogP contribution in [0, 0.1) is 11.8 Å². The normalized spacial score (nSPS) is 18.5. The van der Waals surface area contributed by atoms with Gasteiger partial charge in [0.1, 0.15) is 0 Å². The van der Waals surface area contributed by atoms with Gasteiger partial charge in [-0.2, -0.15) is 0 Å². The third-order valence-corrected chi connectivity index (χ3v) is 5.19. The Hall–Kier alpha value is -2.35. The van der Waals surface area contributed by atoms with Crippen LogP contribution < -0.4 is 5.32 Å². The van der Waals surface area contributed by atoms with E-state index >= 15 is 0 Å². The van der Waals surface area contributed by atoms with E-state index in [1.54, 1.807) is 0 Å². The van der Waals surface area contributed by atoms with Crippen molar-refractivity contribution < 1.29 is 4.79 Å².